The summed E-state index contributed by atoms with van der Waals surface area (Å²) in [7, 11) is 0. The zero-order valence-electron chi connectivity index (χ0n) is 6.59. The van der Waals surface area contributed by atoms with Crippen LogP contribution in [0.2, 0.25) is 0 Å². The van der Waals surface area contributed by atoms with Gasteiger partial charge in [-0.05, 0) is 6.26 Å². The number of carboxylic acid groups (broad SMARTS) is 1. The standard InChI is InChI=1S/C3H7NOS.C2HF3O2/c1-6-2-3(4)5;3-2(4,5)1(6)7/h2H2,1H3,(H2,4,5);(H,6,7). The van der Waals surface area contributed by atoms with Gasteiger partial charge in [0.05, 0.1) is 5.75 Å². The number of alkyl halides is 3. The van der Waals surface area contributed by atoms with E-state index >= 15 is 0 Å². The molecule has 0 aromatic carbocycles. The first-order valence-corrected chi connectivity index (χ1v) is 4.18. The summed E-state index contributed by atoms with van der Waals surface area (Å²) in [6.07, 6.45) is -3.25. The van der Waals surface area contributed by atoms with Crippen LogP contribution in [0, 0.1) is 0 Å². The molecule has 13 heavy (non-hydrogen) atoms. The smallest absolute Gasteiger partial charge is 0.475 e. The molecule has 0 heterocycles. The summed E-state index contributed by atoms with van der Waals surface area (Å²) < 4.78 is 31.7. The Morgan fingerprint density at radius 1 is 1.46 bits per heavy atom. The Bertz CT molecular complexity index is 182. The fourth-order valence-electron chi connectivity index (χ4n) is 0.142. The normalized spacial score (nSPS) is 9.85. The Balaban J connectivity index is 0. The maximum atomic E-state index is 10.6. The van der Waals surface area contributed by atoms with Crippen LogP contribution in [-0.2, 0) is 9.59 Å². The highest BCUT2D eigenvalue weighted by atomic mass is 32.2. The van der Waals surface area contributed by atoms with E-state index in [9.17, 15) is 18.0 Å². The molecule has 8 heteroatoms. The minimum atomic E-state index is -5.08. The van der Waals surface area contributed by atoms with Crippen LogP contribution < -0.4 is 5.73 Å². The number of rotatable bonds is 2. The number of carbonyl (C=O) groups excluding carboxylic acids is 1. The second kappa shape index (κ2) is 6.58. The molecular weight excluding hydrogens is 211 g/mol. The highest BCUT2D eigenvalue weighted by Gasteiger charge is 2.38. The molecule has 0 aromatic rings. The van der Waals surface area contributed by atoms with Crippen LogP contribution in [0.25, 0.3) is 0 Å². The van der Waals surface area contributed by atoms with Gasteiger partial charge in [0.1, 0.15) is 0 Å². The summed E-state index contributed by atoms with van der Waals surface area (Å²) in [4.78, 5) is 18.7. The average molecular weight is 219 g/mol. The average Bonchev–Trinajstić information content (AvgIpc) is 1.85. The summed E-state index contributed by atoms with van der Waals surface area (Å²) in [5.74, 6) is -2.57. The molecule has 0 saturated carbocycles. The van der Waals surface area contributed by atoms with Gasteiger partial charge in [0, 0.05) is 0 Å². The lowest BCUT2D eigenvalue weighted by molar-refractivity contribution is -0.192. The molecular formula is C5H8F3NO3S. The van der Waals surface area contributed by atoms with E-state index in [1.54, 1.807) is 0 Å². The van der Waals surface area contributed by atoms with Crippen molar-refractivity contribution in [3.8, 4) is 0 Å². The van der Waals surface area contributed by atoms with Gasteiger partial charge < -0.3 is 10.8 Å². The van der Waals surface area contributed by atoms with Crippen molar-refractivity contribution in [1.82, 2.24) is 0 Å². The number of amides is 1. The number of halogens is 3. The molecule has 0 bridgehead atoms. The van der Waals surface area contributed by atoms with E-state index in [0.29, 0.717) is 5.75 Å². The van der Waals surface area contributed by atoms with Gasteiger partial charge in [-0.15, -0.1) is 0 Å². The summed E-state index contributed by atoms with van der Waals surface area (Å²) in [6.45, 7) is 0. The van der Waals surface area contributed by atoms with E-state index in [4.69, 9.17) is 15.6 Å². The summed E-state index contributed by atoms with van der Waals surface area (Å²) >= 11 is 1.44. The molecule has 0 atom stereocenters. The van der Waals surface area contributed by atoms with Gasteiger partial charge in [-0.1, -0.05) is 0 Å². The van der Waals surface area contributed by atoms with Crippen LogP contribution in [0.1, 0.15) is 0 Å². The first-order valence-electron chi connectivity index (χ1n) is 2.79. The monoisotopic (exact) mass is 219 g/mol. The maximum Gasteiger partial charge on any atom is 0.490 e. The highest BCUT2D eigenvalue weighted by Crippen LogP contribution is 2.13. The molecule has 3 N–H and O–H groups in total. The van der Waals surface area contributed by atoms with E-state index in [1.165, 1.54) is 11.8 Å². The van der Waals surface area contributed by atoms with Crippen LogP contribution in [0.5, 0.6) is 0 Å². The second-order valence-corrected chi connectivity index (χ2v) is 2.57. The number of thioether (sulfide) groups is 1. The summed E-state index contributed by atoms with van der Waals surface area (Å²) in [5, 5.41) is 7.12. The summed E-state index contributed by atoms with van der Waals surface area (Å²) in [5.41, 5.74) is 4.74. The van der Waals surface area contributed by atoms with Crippen molar-refractivity contribution in [3.63, 3.8) is 0 Å². The highest BCUT2D eigenvalue weighted by molar-refractivity contribution is 7.99. The van der Waals surface area contributed by atoms with Crippen LogP contribution in [0.15, 0.2) is 0 Å². The van der Waals surface area contributed by atoms with Gasteiger partial charge in [0.25, 0.3) is 0 Å². The zero-order chi connectivity index (χ0) is 11.1. The number of nitrogens with two attached hydrogens (primary N) is 1. The predicted octanol–water partition coefficient (Wildman–Crippen LogP) is 0.468. The third kappa shape index (κ3) is 14.0. The van der Waals surface area contributed by atoms with Gasteiger partial charge in [0.15, 0.2) is 0 Å². The number of hydrogen-bond donors (Lipinski definition) is 2. The molecule has 0 radical (unpaired) electrons. The number of carboxylic acids is 1. The van der Waals surface area contributed by atoms with Crippen LogP contribution in [0.3, 0.4) is 0 Å². The van der Waals surface area contributed by atoms with E-state index in [0.717, 1.165) is 0 Å². The van der Waals surface area contributed by atoms with Crippen molar-refractivity contribution in [2.75, 3.05) is 12.0 Å². The van der Waals surface area contributed by atoms with Crippen molar-refractivity contribution in [2.45, 2.75) is 6.18 Å². The molecule has 0 rings (SSSR count). The molecule has 0 aliphatic rings. The third-order valence-corrected chi connectivity index (χ3v) is 1.10. The molecule has 0 fully saturated rings. The molecule has 0 unspecified atom stereocenters. The molecule has 1 amide bonds. The Kier molecular flexibility index (Phi) is 7.39. The molecule has 0 saturated heterocycles. The van der Waals surface area contributed by atoms with Gasteiger partial charge in [-0.3, -0.25) is 4.79 Å². The first-order chi connectivity index (χ1) is 5.71. The topological polar surface area (TPSA) is 80.4 Å². The fraction of sp³-hybridized carbons (Fsp3) is 0.600. The Labute approximate surface area is 76.3 Å². The fourth-order valence-corrected chi connectivity index (χ4v) is 0.427. The van der Waals surface area contributed by atoms with Crippen molar-refractivity contribution in [1.29, 1.82) is 0 Å². The number of carbonyl (C=O) groups is 2. The molecule has 4 nitrogen and oxygen atoms in total. The number of hydrogen-bond acceptors (Lipinski definition) is 3. The zero-order valence-corrected chi connectivity index (χ0v) is 7.41. The minimum Gasteiger partial charge on any atom is -0.475 e. The summed E-state index contributed by atoms with van der Waals surface area (Å²) in [6, 6.07) is 0. The Hall–Kier alpha value is -0.920. The molecule has 0 aromatic heterocycles. The Morgan fingerprint density at radius 2 is 1.77 bits per heavy atom. The minimum absolute atomic E-state index is 0.248. The SMILES string of the molecule is CSCC(N)=O.O=C(O)C(F)(F)F. The maximum absolute atomic E-state index is 10.6. The van der Waals surface area contributed by atoms with Crippen LogP contribution >= 0.6 is 11.8 Å². The lowest BCUT2D eigenvalue weighted by atomic mass is 10.7. The van der Waals surface area contributed by atoms with Crippen molar-refractivity contribution in [2.24, 2.45) is 5.73 Å². The van der Waals surface area contributed by atoms with Gasteiger partial charge in [-0.2, -0.15) is 24.9 Å². The largest absolute Gasteiger partial charge is 0.490 e. The van der Waals surface area contributed by atoms with Gasteiger partial charge >= 0.3 is 12.1 Å². The molecule has 78 valence electrons. The molecule has 0 spiro atoms. The van der Waals surface area contributed by atoms with Crippen molar-refractivity contribution < 1.29 is 27.9 Å². The van der Waals surface area contributed by atoms with E-state index < -0.39 is 12.1 Å². The van der Waals surface area contributed by atoms with E-state index in [-0.39, 0.29) is 5.91 Å². The van der Waals surface area contributed by atoms with Crippen LogP contribution in [-0.4, -0.2) is 35.2 Å². The van der Waals surface area contributed by atoms with Crippen molar-refractivity contribution in [3.05, 3.63) is 0 Å². The number of aliphatic carboxylic acids is 1. The second-order valence-electron chi connectivity index (χ2n) is 1.70. The first kappa shape index (κ1) is 14.6. The van der Waals surface area contributed by atoms with Crippen LogP contribution in [0.4, 0.5) is 13.2 Å². The quantitative estimate of drug-likeness (QED) is 0.707. The number of primary amides is 1. The van der Waals surface area contributed by atoms with Gasteiger partial charge in [-0.25, -0.2) is 4.79 Å². The van der Waals surface area contributed by atoms with Gasteiger partial charge in [0.2, 0.25) is 5.91 Å². The van der Waals surface area contributed by atoms with E-state index in [2.05, 4.69) is 0 Å². The lowest BCUT2D eigenvalue weighted by Crippen LogP contribution is -2.21. The third-order valence-electron chi connectivity index (χ3n) is 0.529. The van der Waals surface area contributed by atoms with E-state index in [1.807, 2.05) is 6.26 Å². The Morgan fingerprint density at radius 3 is 1.77 bits per heavy atom. The van der Waals surface area contributed by atoms with Crippen molar-refractivity contribution >= 4 is 23.6 Å². The molecule has 0 aliphatic heterocycles. The lowest BCUT2D eigenvalue weighted by Gasteiger charge is -1.93. The molecule has 0 aliphatic carbocycles. The predicted molar refractivity (Wildman–Crippen MR) is 41.3 cm³/mol.